The molecule has 1 rings (SSSR count). The lowest BCUT2D eigenvalue weighted by Gasteiger charge is -2.16. The highest BCUT2D eigenvalue weighted by Crippen LogP contribution is 2.17. The molecular formula is C14H25NO3S. The van der Waals surface area contributed by atoms with Crippen molar-refractivity contribution in [1.29, 1.82) is 0 Å². The Labute approximate surface area is 119 Å². The normalized spacial score (nSPS) is 14.8. The highest BCUT2D eigenvalue weighted by atomic mass is 32.1. The van der Waals surface area contributed by atoms with Gasteiger partial charge in [-0.1, -0.05) is 6.07 Å². The molecule has 1 heterocycles. The third kappa shape index (κ3) is 7.64. The molecule has 0 fully saturated rings. The van der Waals surface area contributed by atoms with Crippen LogP contribution in [0.1, 0.15) is 31.7 Å². The molecule has 5 heteroatoms. The van der Waals surface area contributed by atoms with E-state index in [0.717, 1.165) is 0 Å². The Balaban J connectivity index is 2.03. The first-order valence-electron chi connectivity index (χ1n) is 6.73. The van der Waals surface area contributed by atoms with Gasteiger partial charge < -0.3 is 19.9 Å². The summed E-state index contributed by atoms with van der Waals surface area (Å²) in [6.45, 7) is 8.04. The van der Waals surface area contributed by atoms with Gasteiger partial charge in [0.05, 0.1) is 32.0 Å². The van der Waals surface area contributed by atoms with Gasteiger partial charge in [-0.05, 0) is 32.2 Å². The standard InChI is InChI=1S/C14H25NO3S/c1-11(2)18-7-6-17-10-13(16)9-15-12(3)14-5-4-8-19-14/h4-5,8,11-13,15-16H,6-7,9-10H2,1-3H3/t12-,13?/m0/s1. The van der Waals surface area contributed by atoms with Crippen molar-refractivity contribution >= 4 is 11.3 Å². The fourth-order valence-electron chi connectivity index (χ4n) is 1.57. The number of hydrogen-bond acceptors (Lipinski definition) is 5. The Hall–Kier alpha value is -0.460. The van der Waals surface area contributed by atoms with E-state index in [-0.39, 0.29) is 12.1 Å². The summed E-state index contributed by atoms with van der Waals surface area (Å²) < 4.78 is 10.7. The van der Waals surface area contributed by atoms with Crippen molar-refractivity contribution in [2.45, 2.75) is 39.0 Å². The van der Waals surface area contributed by atoms with Gasteiger partial charge in [-0.15, -0.1) is 11.3 Å². The lowest BCUT2D eigenvalue weighted by atomic mass is 10.2. The molecule has 110 valence electrons. The van der Waals surface area contributed by atoms with Crippen LogP contribution in [0.3, 0.4) is 0 Å². The van der Waals surface area contributed by atoms with E-state index < -0.39 is 6.10 Å². The molecule has 0 bridgehead atoms. The molecule has 0 saturated carbocycles. The van der Waals surface area contributed by atoms with Gasteiger partial charge >= 0.3 is 0 Å². The van der Waals surface area contributed by atoms with Crippen molar-refractivity contribution in [1.82, 2.24) is 5.32 Å². The Morgan fingerprint density at radius 3 is 2.74 bits per heavy atom. The fourth-order valence-corrected chi connectivity index (χ4v) is 2.33. The average Bonchev–Trinajstić information content (AvgIpc) is 2.89. The van der Waals surface area contributed by atoms with Crippen LogP contribution in [0.2, 0.25) is 0 Å². The summed E-state index contributed by atoms with van der Waals surface area (Å²) in [5.74, 6) is 0. The molecule has 4 nitrogen and oxygen atoms in total. The van der Waals surface area contributed by atoms with E-state index in [9.17, 15) is 5.11 Å². The van der Waals surface area contributed by atoms with Crippen molar-refractivity contribution in [2.75, 3.05) is 26.4 Å². The van der Waals surface area contributed by atoms with Crippen LogP contribution in [0.25, 0.3) is 0 Å². The second-order valence-electron chi connectivity index (χ2n) is 4.79. The second kappa shape index (κ2) is 9.44. The smallest absolute Gasteiger partial charge is 0.0897 e. The predicted molar refractivity (Wildman–Crippen MR) is 78.7 cm³/mol. The highest BCUT2D eigenvalue weighted by molar-refractivity contribution is 7.10. The number of ether oxygens (including phenoxy) is 2. The largest absolute Gasteiger partial charge is 0.389 e. The minimum absolute atomic E-state index is 0.224. The molecule has 19 heavy (non-hydrogen) atoms. The second-order valence-corrected chi connectivity index (χ2v) is 5.77. The van der Waals surface area contributed by atoms with Crippen molar-refractivity contribution in [2.24, 2.45) is 0 Å². The first kappa shape index (κ1) is 16.6. The summed E-state index contributed by atoms with van der Waals surface area (Å²) in [5, 5.41) is 15.1. The van der Waals surface area contributed by atoms with Crippen LogP contribution >= 0.6 is 11.3 Å². The van der Waals surface area contributed by atoms with Crippen LogP contribution in [0, 0.1) is 0 Å². The summed E-state index contributed by atoms with van der Waals surface area (Å²) in [7, 11) is 0. The van der Waals surface area contributed by atoms with Crippen molar-refractivity contribution in [3.8, 4) is 0 Å². The summed E-state index contributed by atoms with van der Waals surface area (Å²) in [4.78, 5) is 1.28. The Kier molecular flexibility index (Phi) is 8.25. The van der Waals surface area contributed by atoms with Gasteiger partial charge in [-0.2, -0.15) is 0 Å². The minimum atomic E-state index is -0.485. The van der Waals surface area contributed by atoms with Crippen molar-refractivity contribution < 1.29 is 14.6 Å². The molecular weight excluding hydrogens is 262 g/mol. The number of rotatable bonds is 10. The molecule has 0 saturated heterocycles. The molecule has 2 atom stereocenters. The van der Waals surface area contributed by atoms with Gasteiger partial charge in [0.2, 0.25) is 0 Å². The lowest BCUT2D eigenvalue weighted by molar-refractivity contribution is -0.0104. The molecule has 0 radical (unpaired) electrons. The summed E-state index contributed by atoms with van der Waals surface area (Å²) in [6.07, 6.45) is -0.261. The average molecular weight is 287 g/mol. The first-order chi connectivity index (χ1) is 9.09. The third-order valence-corrected chi connectivity index (χ3v) is 3.67. The van der Waals surface area contributed by atoms with Gasteiger partial charge in [-0.25, -0.2) is 0 Å². The van der Waals surface area contributed by atoms with E-state index in [1.165, 1.54) is 4.88 Å². The van der Waals surface area contributed by atoms with Crippen LogP contribution in [0.5, 0.6) is 0 Å². The monoisotopic (exact) mass is 287 g/mol. The topological polar surface area (TPSA) is 50.7 Å². The predicted octanol–water partition coefficient (Wildman–Crippen LogP) is 2.20. The van der Waals surface area contributed by atoms with Gasteiger partial charge in [0.15, 0.2) is 0 Å². The van der Waals surface area contributed by atoms with Crippen LogP contribution in [-0.4, -0.2) is 43.7 Å². The summed E-state index contributed by atoms with van der Waals surface area (Å²) in [6, 6.07) is 4.39. The first-order valence-corrected chi connectivity index (χ1v) is 7.61. The fraction of sp³-hybridized carbons (Fsp3) is 0.714. The molecule has 0 aliphatic heterocycles. The Morgan fingerprint density at radius 2 is 2.11 bits per heavy atom. The lowest BCUT2D eigenvalue weighted by Crippen LogP contribution is -2.32. The van der Waals surface area contributed by atoms with E-state index >= 15 is 0 Å². The van der Waals surface area contributed by atoms with Crippen molar-refractivity contribution in [3.05, 3.63) is 22.4 Å². The van der Waals surface area contributed by atoms with Crippen LogP contribution in [0.15, 0.2) is 17.5 Å². The molecule has 0 aliphatic carbocycles. The number of thiophene rings is 1. The van der Waals surface area contributed by atoms with E-state index in [0.29, 0.717) is 26.4 Å². The van der Waals surface area contributed by atoms with Crippen molar-refractivity contribution in [3.63, 3.8) is 0 Å². The van der Waals surface area contributed by atoms with Crippen LogP contribution in [0.4, 0.5) is 0 Å². The maximum Gasteiger partial charge on any atom is 0.0897 e. The number of aliphatic hydroxyl groups excluding tert-OH is 1. The third-order valence-electron chi connectivity index (χ3n) is 2.62. The molecule has 0 aliphatic rings. The van der Waals surface area contributed by atoms with E-state index in [2.05, 4.69) is 23.7 Å². The molecule has 1 aromatic rings. The Morgan fingerprint density at radius 1 is 1.32 bits per heavy atom. The van der Waals surface area contributed by atoms with E-state index in [1.807, 2.05) is 19.9 Å². The zero-order chi connectivity index (χ0) is 14.1. The van der Waals surface area contributed by atoms with Crippen LogP contribution < -0.4 is 5.32 Å². The number of hydrogen-bond donors (Lipinski definition) is 2. The quantitative estimate of drug-likeness (QED) is 0.648. The molecule has 0 spiro atoms. The summed E-state index contributed by atoms with van der Waals surface area (Å²) in [5.41, 5.74) is 0. The number of nitrogens with one attached hydrogen (secondary N) is 1. The highest BCUT2D eigenvalue weighted by Gasteiger charge is 2.09. The van der Waals surface area contributed by atoms with Gasteiger partial charge in [0.25, 0.3) is 0 Å². The molecule has 0 amide bonds. The molecule has 2 N–H and O–H groups in total. The number of aliphatic hydroxyl groups is 1. The van der Waals surface area contributed by atoms with Gasteiger partial charge in [-0.3, -0.25) is 0 Å². The van der Waals surface area contributed by atoms with E-state index in [4.69, 9.17) is 9.47 Å². The summed E-state index contributed by atoms with van der Waals surface area (Å²) >= 11 is 1.72. The minimum Gasteiger partial charge on any atom is -0.389 e. The van der Waals surface area contributed by atoms with Gasteiger partial charge in [0.1, 0.15) is 0 Å². The maximum absolute atomic E-state index is 9.78. The Bertz CT molecular complexity index is 317. The molecule has 0 aromatic carbocycles. The van der Waals surface area contributed by atoms with E-state index in [1.54, 1.807) is 11.3 Å². The molecule has 1 aromatic heterocycles. The SMILES string of the molecule is CC(C)OCCOCC(O)CN[C@@H](C)c1cccs1. The van der Waals surface area contributed by atoms with Crippen LogP contribution in [-0.2, 0) is 9.47 Å². The molecule has 1 unspecified atom stereocenters. The maximum atomic E-state index is 9.78. The van der Waals surface area contributed by atoms with Gasteiger partial charge in [0, 0.05) is 17.5 Å². The zero-order valence-corrected chi connectivity index (χ0v) is 12.8. The zero-order valence-electron chi connectivity index (χ0n) is 12.0.